The maximum atomic E-state index is 11.4. The highest BCUT2D eigenvalue weighted by molar-refractivity contribution is 5.12. The van der Waals surface area contributed by atoms with Crippen molar-refractivity contribution in [2.24, 2.45) is 34.0 Å². The van der Waals surface area contributed by atoms with Crippen LogP contribution in [0.15, 0.2) is 23.8 Å². The lowest BCUT2D eigenvalue weighted by molar-refractivity contribution is -0.168. The Morgan fingerprint density at radius 2 is 1.66 bits per heavy atom. The summed E-state index contributed by atoms with van der Waals surface area (Å²) in [4.78, 5) is 0. The molecule has 0 aromatic heterocycles. The van der Waals surface area contributed by atoms with Gasteiger partial charge in [0, 0.05) is 0 Å². The Balaban J connectivity index is 1.66. The summed E-state index contributed by atoms with van der Waals surface area (Å²) >= 11 is 0. The van der Waals surface area contributed by atoms with Crippen molar-refractivity contribution in [3.8, 4) is 0 Å². The van der Waals surface area contributed by atoms with E-state index >= 15 is 0 Å². The van der Waals surface area contributed by atoms with E-state index in [-0.39, 0.29) is 12.0 Å². The van der Waals surface area contributed by atoms with Crippen molar-refractivity contribution in [1.82, 2.24) is 0 Å². The zero-order valence-electron chi connectivity index (χ0n) is 22.1. The fraction of sp³-hybridized carbons (Fsp3) is 0.867. The summed E-state index contributed by atoms with van der Waals surface area (Å²) in [7, 11) is 0. The van der Waals surface area contributed by atoms with Crippen LogP contribution in [0.4, 0.5) is 0 Å². The summed E-state index contributed by atoms with van der Waals surface area (Å²) in [6, 6.07) is 0. The van der Waals surface area contributed by atoms with Gasteiger partial charge in [0.05, 0.1) is 12.2 Å². The van der Waals surface area contributed by atoms with E-state index in [4.69, 9.17) is 0 Å². The van der Waals surface area contributed by atoms with Gasteiger partial charge in [-0.1, -0.05) is 59.3 Å². The molecule has 3 saturated carbocycles. The monoisotopic (exact) mass is 444 g/mol. The third-order valence-corrected chi connectivity index (χ3v) is 10.4. The minimum atomic E-state index is -0.574. The van der Waals surface area contributed by atoms with E-state index < -0.39 is 5.60 Å². The highest BCUT2D eigenvalue weighted by Crippen LogP contribution is 2.62. The van der Waals surface area contributed by atoms with Crippen molar-refractivity contribution < 1.29 is 10.2 Å². The first-order valence-electron chi connectivity index (χ1n) is 13.5. The summed E-state index contributed by atoms with van der Waals surface area (Å²) in [5.41, 5.74) is 2.95. The lowest BCUT2D eigenvalue weighted by Crippen LogP contribution is -2.57. The van der Waals surface area contributed by atoms with Crippen LogP contribution < -0.4 is 0 Å². The third kappa shape index (κ3) is 5.22. The molecule has 0 bridgehead atoms. The second kappa shape index (κ2) is 9.57. The van der Waals surface area contributed by atoms with E-state index in [1.54, 1.807) is 0 Å². The number of aliphatic hydroxyl groups is 2. The van der Waals surface area contributed by atoms with Crippen molar-refractivity contribution in [1.29, 1.82) is 0 Å². The van der Waals surface area contributed by atoms with Crippen LogP contribution in [0.3, 0.4) is 0 Å². The Morgan fingerprint density at radius 3 is 2.31 bits per heavy atom. The summed E-state index contributed by atoms with van der Waals surface area (Å²) in [5, 5.41) is 21.5. The van der Waals surface area contributed by atoms with Gasteiger partial charge in [0.25, 0.3) is 0 Å². The van der Waals surface area contributed by atoms with E-state index in [2.05, 4.69) is 54.2 Å². The molecule has 184 valence electrons. The number of rotatable bonds is 7. The summed E-state index contributed by atoms with van der Waals surface area (Å²) < 4.78 is 0. The SMILES string of the molecule is C=C1CCCC(C)(C)[C@@H]1CC/C(=C/CC[C@@H]1[C@@]2(C)CCCC(C)(C)[C@@H]2CC[C@@]1(C)O)CO. The molecule has 3 fully saturated rings. The van der Waals surface area contributed by atoms with Crippen LogP contribution in [-0.2, 0) is 0 Å². The number of hydrogen-bond donors (Lipinski definition) is 2. The molecular weight excluding hydrogens is 392 g/mol. The van der Waals surface area contributed by atoms with Gasteiger partial charge in [0.15, 0.2) is 0 Å². The van der Waals surface area contributed by atoms with Crippen LogP contribution in [0.25, 0.3) is 0 Å². The van der Waals surface area contributed by atoms with E-state index in [1.807, 2.05) is 0 Å². The Kier molecular flexibility index (Phi) is 7.78. The molecule has 3 aliphatic carbocycles. The molecule has 5 atom stereocenters. The van der Waals surface area contributed by atoms with Crippen molar-refractivity contribution in [2.75, 3.05) is 6.61 Å². The highest BCUT2D eigenvalue weighted by atomic mass is 16.3. The lowest BCUT2D eigenvalue weighted by Gasteiger charge is -2.61. The van der Waals surface area contributed by atoms with Crippen LogP contribution >= 0.6 is 0 Å². The summed E-state index contributed by atoms with van der Waals surface area (Å²) in [6.07, 6.45) is 16.0. The average molecular weight is 445 g/mol. The quantitative estimate of drug-likeness (QED) is 0.393. The lowest BCUT2D eigenvalue weighted by atomic mass is 9.45. The van der Waals surface area contributed by atoms with Gasteiger partial charge in [-0.2, -0.15) is 0 Å². The van der Waals surface area contributed by atoms with E-state index in [9.17, 15) is 10.2 Å². The Labute approximate surface area is 199 Å². The molecule has 2 nitrogen and oxygen atoms in total. The third-order valence-electron chi connectivity index (χ3n) is 10.4. The highest BCUT2D eigenvalue weighted by Gasteiger charge is 2.57. The molecule has 0 radical (unpaired) electrons. The zero-order valence-corrected chi connectivity index (χ0v) is 22.1. The molecule has 2 N–H and O–H groups in total. The van der Waals surface area contributed by atoms with E-state index in [0.717, 1.165) is 38.5 Å². The summed E-state index contributed by atoms with van der Waals surface area (Å²) in [6.45, 7) is 18.8. The second-order valence-corrected chi connectivity index (χ2v) is 13.5. The standard InChI is InChI=1S/C30H52O2/c1-22-11-9-17-27(2,3)24(22)15-14-23(21-31)12-8-13-26-29(6)19-10-18-28(4,5)25(29)16-20-30(26,7)32/h12,24-26,31-32H,1,8-11,13-21H2,2-7H3/b23-12-/t24-,25+,26-,29+,30-/m1/s1. The normalized spacial score (nSPS) is 39.6. The topological polar surface area (TPSA) is 40.5 Å². The molecule has 0 unspecified atom stereocenters. The van der Waals surface area contributed by atoms with Crippen LogP contribution in [0.2, 0.25) is 0 Å². The van der Waals surface area contributed by atoms with Crippen molar-refractivity contribution >= 4 is 0 Å². The van der Waals surface area contributed by atoms with Crippen LogP contribution in [0.5, 0.6) is 0 Å². The average Bonchev–Trinajstić information content (AvgIpc) is 2.66. The van der Waals surface area contributed by atoms with E-state index in [1.165, 1.54) is 49.7 Å². The van der Waals surface area contributed by atoms with Gasteiger partial charge in [-0.3, -0.25) is 0 Å². The van der Waals surface area contributed by atoms with Gasteiger partial charge in [0.2, 0.25) is 0 Å². The largest absolute Gasteiger partial charge is 0.392 e. The Morgan fingerprint density at radius 1 is 0.969 bits per heavy atom. The molecule has 0 spiro atoms. The van der Waals surface area contributed by atoms with Crippen molar-refractivity contribution in [2.45, 2.75) is 124 Å². The van der Waals surface area contributed by atoms with Crippen LogP contribution in [-0.4, -0.2) is 22.4 Å². The first kappa shape index (κ1) is 26.0. The maximum Gasteiger partial charge on any atom is 0.0653 e. The number of fused-ring (bicyclic) bond motifs is 1. The predicted octanol–water partition coefficient (Wildman–Crippen LogP) is 7.84. The smallest absolute Gasteiger partial charge is 0.0653 e. The molecular formula is C30H52O2. The number of allylic oxidation sites excluding steroid dienone is 2. The molecule has 3 rings (SSSR count). The zero-order chi connectivity index (χ0) is 23.8. The number of hydrogen-bond acceptors (Lipinski definition) is 2. The maximum absolute atomic E-state index is 11.4. The second-order valence-electron chi connectivity index (χ2n) is 13.5. The Hall–Kier alpha value is -0.600. The molecule has 2 heteroatoms. The van der Waals surface area contributed by atoms with Crippen molar-refractivity contribution in [3.05, 3.63) is 23.8 Å². The predicted molar refractivity (Wildman–Crippen MR) is 136 cm³/mol. The van der Waals surface area contributed by atoms with Crippen molar-refractivity contribution in [3.63, 3.8) is 0 Å². The van der Waals surface area contributed by atoms with E-state index in [0.29, 0.717) is 28.6 Å². The van der Waals surface area contributed by atoms with Gasteiger partial charge in [-0.05, 0) is 117 Å². The first-order valence-corrected chi connectivity index (χ1v) is 13.5. The molecule has 0 amide bonds. The molecule has 0 heterocycles. The van der Waals surface area contributed by atoms with Gasteiger partial charge in [-0.25, -0.2) is 0 Å². The molecule has 32 heavy (non-hydrogen) atoms. The van der Waals surface area contributed by atoms with Gasteiger partial charge in [0.1, 0.15) is 0 Å². The fourth-order valence-corrected chi connectivity index (χ4v) is 8.56. The molecule has 3 aliphatic rings. The molecule has 0 saturated heterocycles. The van der Waals surface area contributed by atoms with Crippen LogP contribution in [0.1, 0.15) is 119 Å². The summed E-state index contributed by atoms with van der Waals surface area (Å²) in [5.74, 6) is 1.60. The van der Waals surface area contributed by atoms with Crippen LogP contribution in [0, 0.1) is 34.0 Å². The van der Waals surface area contributed by atoms with Gasteiger partial charge in [-0.15, -0.1) is 0 Å². The number of aliphatic hydroxyl groups excluding tert-OH is 1. The Bertz CT molecular complexity index is 698. The van der Waals surface area contributed by atoms with Gasteiger partial charge >= 0.3 is 0 Å². The fourth-order valence-electron chi connectivity index (χ4n) is 8.56. The molecule has 0 aromatic rings. The molecule has 0 aromatic carbocycles. The van der Waals surface area contributed by atoms with Gasteiger partial charge < -0.3 is 10.2 Å². The molecule has 0 aliphatic heterocycles. The first-order chi connectivity index (χ1) is 14.8. The minimum absolute atomic E-state index is 0.160. The minimum Gasteiger partial charge on any atom is -0.392 e.